The van der Waals surface area contributed by atoms with Crippen LogP contribution >= 0.6 is 38.9 Å². The number of carbonyl (C=O) groups is 2. The molecule has 156 valence electrons. The number of carboxylic acid groups (broad SMARTS) is 1. The molecule has 0 saturated carbocycles. The molecule has 0 bridgehead atoms. The van der Waals surface area contributed by atoms with Crippen LogP contribution in [-0.4, -0.2) is 22.0 Å². The zero-order valence-electron chi connectivity index (χ0n) is 16.2. The fraction of sp³-hybridized carbons (Fsp3) is 0.0952. The molecule has 0 aliphatic carbocycles. The molecule has 0 aromatic carbocycles. The van der Waals surface area contributed by atoms with Crippen LogP contribution in [0.2, 0.25) is 0 Å². The second kappa shape index (κ2) is 10.4. The van der Waals surface area contributed by atoms with E-state index in [9.17, 15) is 14.7 Å². The number of amides is 1. The second-order valence-corrected chi connectivity index (χ2v) is 8.67. The molecule has 0 atom stereocenters. The van der Waals surface area contributed by atoms with Crippen LogP contribution in [0.25, 0.3) is 18.2 Å². The molecule has 2 aromatic heterocycles. The van der Waals surface area contributed by atoms with E-state index < -0.39 is 11.9 Å². The molecule has 2 rings (SSSR count). The molecule has 30 heavy (non-hydrogen) atoms. The first kappa shape index (κ1) is 23.6. The Morgan fingerprint density at radius 3 is 2.60 bits per heavy atom. The van der Waals surface area contributed by atoms with Crippen LogP contribution in [0.4, 0.5) is 5.00 Å². The van der Waals surface area contributed by atoms with Crippen molar-refractivity contribution in [1.29, 1.82) is 0 Å². The number of halogens is 2. The summed E-state index contributed by atoms with van der Waals surface area (Å²) in [5, 5.41) is 14.8. The first-order chi connectivity index (χ1) is 14.1. The van der Waals surface area contributed by atoms with E-state index in [1.807, 2.05) is 6.92 Å². The summed E-state index contributed by atoms with van der Waals surface area (Å²) in [6.45, 7) is 11.0. The van der Waals surface area contributed by atoms with Gasteiger partial charge in [0.25, 0.3) is 5.89 Å². The standard InChI is InChI=1S/C21H18BrClN2O4S/c1-5-14(8-7-12(3)23)15-10-30-20(17(15)21(27)28)25-18(26)19-24-13(4)16(29-19)9-6-11(2)22/h5-10H,1,4H2,2-3H3,(H,25,26)(H,27,28). The Morgan fingerprint density at radius 2 is 2.03 bits per heavy atom. The molecule has 0 aliphatic heterocycles. The molecule has 2 aromatic rings. The minimum atomic E-state index is -1.20. The van der Waals surface area contributed by atoms with Crippen molar-refractivity contribution in [2.75, 3.05) is 5.32 Å². The largest absolute Gasteiger partial charge is 0.478 e. The SMILES string of the molecule is C=CC(=CC=C(C)Cl)c1csc(NC(=O)c2nc(=C)c(=CC=C(C)Br)o2)c1C(=O)O. The van der Waals surface area contributed by atoms with E-state index in [0.717, 1.165) is 15.8 Å². The number of hydrogen-bond donors (Lipinski definition) is 2. The summed E-state index contributed by atoms with van der Waals surface area (Å²) in [6, 6.07) is 0. The van der Waals surface area contributed by atoms with Gasteiger partial charge >= 0.3 is 11.9 Å². The molecule has 0 fully saturated rings. The molecule has 0 saturated heterocycles. The number of thiophene rings is 1. The van der Waals surface area contributed by atoms with Gasteiger partial charge < -0.3 is 14.8 Å². The number of carbonyl (C=O) groups excluding carboxylic acids is 1. The topological polar surface area (TPSA) is 92.4 Å². The quantitative estimate of drug-likeness (QED) is 0.519. The lowest BCUT2D eigenvalue weighted by molar-refractivity contribution is 0.0698. The monoisotopic (exact) mass is 508 g/mol. The molecular weight excluding hydrogens is 492 g/mol. The molecular formula is C21H18BrClN2O4S. The number of carboxylic acids is 1. The van der Waals surface area contributed by atoms with E-state index in [4.69, 9.17) is 16.0 Å². The van der Waals surface area contributed by atoms with Crippen molar-refractivity contribution in [1.82, 2.24) is 4.98 Å². The number of oxazole rings is 1. The summed E-state index contributed by atoms with van der Waals surface area (Å²) in [5.74, 6) is -2.10. The predicted molar refractivity (Wildman–Crippen MR) is 125 cm³/mol. The molecule has 2 N–H and O–H groups in total. The van der Waals surface area contributed by atoms with Gasteiger partial charge in [-0.15, -0.1) is 11.3 Å². The minimum absolute atomic E-state index is 0.0637. The maximum Gasteiger partial charge on any atom is 0.339 e. The summed E-state index contributed by atoms with van der Waals surface area (Å²) in [7, 11) is 0. The van der Waals surface area contributed by atoms with Gasteiger partial charge in [-0.2, -0.15) is 0 Å². The third-order valence-corrected chi connectivity index (χ3v) is 4.93. The van der Waals surface area contributed by atoms with Gasteiger partial charge in [0.1, 0.15) is 15.9 Å². The van der Waals surface area contributed by atoms with E-state index in [0.29, 0.717) is 21.6 Å². The third-order valence-electron chi connectivity index (χ3n) is 3.64. The highest BCUT2D eigenvalue weighted by molar-refractivity contribution is 9.11. The first-order valence-corrected chi connectivity index (χ1v) is 10.5. The van der Waals surface area contributed by atoms with Gasteiger partial charge in [-0.25, -0.2) is 9.78 Å². The number of nitrogens with zero attached hydrogens (tertiary/aromatic N) is 1. The predicted octanol–water partition coefficient (Wildman–Crippen LogP) is 4.89. The highest BCUT2D eigenvalue weighted by atomic mass is 79.9. The van der Waals surface area contributed by atoms with Crippen molar-refractivity contribution in [3.8, 4) is 0 Å². The lowest BCUT2D eigenvalue weighted by Crippen LogP contribution is -2.19. The number of aromatic carboxylic acids is 1. The van der Waals surface area contributed by atoms with E-state index in [1.165, 1.54) is 6.08 Å². The van der Waals surface area contributed by atoms with Crippen molar-refractivity contribution in [2.24, 2.45) is 0 Å². The molecule has 0 radical (unpaired) electrons. The Labute approximate surface area is 190 Å². The molecule has 2 heterocycles. The lowest BCUT2D eigenvalue weighted by atomic mass is 10.0. The number of allylic oxidation sites excluding steroid dienone is 7. The average Bonchev–Trinajstić information content (AvgIpc) is 3.24. The zero-order valence-corrected chi connectivity index (χ0v) is 19.3. The summed E-state index contributed by atoms with van der Waals surface area (Å²) in [6.07, 6.45) is 8.14. The molecule has 6 nitrogen and oxygen atoms in total. The normalized spacial score (nSPS) is 13.5. The highest BCUT2D eigenvalue weighted by Crippen LogP contribution is 2.33. The van der Waals surface area contributed by atoms with Crippen molar-refractivity contribution in [3.05, 3.63) is 73.6 Å². The average molecular weight is 510 g/mol. The number of anilines is 1. The Bertz CT molecular complexity index is 1200. The lowest BCUT2D eigenvalue weighted by Gasteiger charge is -2.04. The smallest absolute Gasteiger partial charge is 0.339 e. The molecule has 9 heteroatoms. The van der Waals surface area contributed by atoms with E-state index >= 15 is 0 Å². The second-order valence-electron chi connectivity index (χ2n) is 5.94. The van der Waals surface area contributed by atoms with Gasteiger partial charge in [-0.3, -0.25) is 4.79 Å². The van der Waals surface area contributed by atoms with Crippen LogP contribution < -0.4 is 16.1 Å². The number of hydrogen-bond acceptors (Lipinski definition) is 5. The minimum Gasteiger partial charge on any atom is -0.478 e. The Hall–Kier alpha value is -2.68. The van der Waals surface area contributed by atoms with Crippen LogP contribution in [0, 0.1) is 0 Å². The highest BCUT2D eigenvalue weighted by Gasteiger charge is 2.23. The summed E-state index contributed by atoms with van der Waals surface area (Å²) in [5.41, 5.74) is 1.22. The van der Waals surface area contributed by atoms with Gasteiger partial charge in [-0.05, 0) is 42.1 Å². The van der Waals surface area contributed by atoms with E-state index in [-0.39, 0.29) is 21.8 Å². The maximum absolute atomic E-state index is 12.6. The van der Waals surface area contributed by atoms with Gasteiger partial charge in [0.05, 0.1) is 0 Å². The summed E-state index contributed by atoms with van der Waals surface area (Å²) in [4.78, 5) is 28.5. The molecule has 0 unspecified atom stereocenters. The fourth-order valence-electron chi connectivity index (χ4n) is 2.29. The van der Waals surface area contributed by atoms with Crippen LogP contribution in [0.5, 0.6) is 0 Å². The molecule has 1 amide bonds. The van der Waals surface area contributed by atoms with Crippen LogP contribution in [0.1, 0.15) is 40.5 Å². The van der Waals surface area contributed by atoms with Crippen molar-refractivity contribution in [3.63, 3.8) is 0 Å². The van der Waals surface area contributed by atoms with Crippen LogP contribution in [-0.2, 0) is 0 Å². The third kappa shape index (κ3) is 5.91. The van der Waals surface area contributed by atoms with E-state index in [1.54, 1.807) is 36.6 Å². The van der Waals surface area contributed by atoms with Gasteiger partial charge in [0.15, 0.2) is 5.42 Å². The Balaban J connectivity index is 2.43. The van der Waals surface area contributed by atoms with E-state index in [2.05, 4.69) is 39.4 Å². The number of nitrogens with one attached hydrogen (secondary N) is 1. The summed E-state index contributed by atoms with van der Waals surface area (Å²) >= 11 is 10.2. The van der Waals surface area contributed by atoms with Gasteiger partial charge in [0, 0.05) is 16.0 Å². The summed E-state index contributed by atoms with van der Waals surface area (Å²) < 4.78 is 6.29. The zero-order chi connectivity index (χ0) is 22.4. The fourth-order valence-corrected chi connectivity index (χ4v) is 3.44. The number of rotatable bonds is 7. The van der Waals surface area contributed by atoms with Gasteiger partial charge in [0.2, 0.25) is 0 Å². The first-order valence-electron chi connectivity index (χ1n) is 8.47. The van der Waals surface area contributed by atoms with Crippen molar-refractivity contribution < 1.29 is 19.1 Å². The van der Waals surface area contributed by atoms with Crippen LogP contribution in [0.3, 0.4) is 0 Å². The van der Waals surface area contributed by atoms with Crippen LogP contribution in [0.15, 0.2) is 50.2 Å². The Morgan fingerprint density at radius 1 is 1.33 bits per heavy atom. The maximum atomic E-state index is 12.6. The molecule has 0 spiro atoms. The van der Waals surface area contributed by atoms with Gasteiger partial charge in [-0.1, -0.05) is 52.8 Å². The Kier molecular flexibility index (Phi) is 8.16. The van der Waals surface area contributed by atoms with Crippen molar-refractivity contribution in [2.45, 2.75) is 13.8 Å². The number of aromatic nitrogens is 1. The van der Waals surface area contributed by atoms with Crippen molar-refractivity contribution >= 4 is 74.0 Å². The molecule has 0 aliphatic rings.